The molecule has 0 saturated carbocycles. The van der Waals surface area contributed by atoms with Crippen LogP contribution in [0.15, 0.2) is 0 Å². The van der Waals surface area contributed by atoms with Crippen molar-refractivity contribution in [3.8, 4) is 0 Å². The van der Waals surface area contributed by atoms with Crippen molar-refractivity contribution in [3.05, 3.63) is 0 Å². The fourth-order valence-electron chi connectivity index (χ4n) is 0.328. The van der Waals surface area contributed by atoms with Crippen molar-refractivity contribution in [1.82, 2.24) is 0 Å². The summed E-state index contributed by atoms with van der Waals surface area (Å²) in [5.74, 6) is -0.693. The van der Waals surface area contributed by atoms with Crippen LogP contribution in [0.2, 0.25) is 0 Å². The van der Waals surface area contributed by atoms with Crippen LogP contribution in [0, 0.1) is 0 Å². The van der Waals surface area contributed by atoms with Crippen molar-refractivity contribution >= 4 is 54.9 Å². The summed E-state index contributed by atoms with van der Waals surface area (Å²) in [4.78, 5) is 9.76. The number of unbranched alkanes of at least 4 members (excludes halogenated alkanes) is 1. The van der Waals surface area contributed by atoms with E-state index >= 15 is 0 Å². The standard InChI is InChI=1S/C5H10O2.Ba.Cu.Ni.2H/c1-2-3-4-5(6)7;;;;;/h2-4H2,1H3,(H,6,7);;;;;. The van der Waals surface area contributed by atoms with Crippen molar-refractivity contribution in [2.24, 2.45) is 0 Å². The van der Waals surface area contributed by atoms with E-state index in [-0.39, 0.29) is 82.4 Å². The quantitative estimate of drug-likeness (QED) is 0.734. The Morgan fingerprint density at radius 2 is 1.90 bits per heavy atom. The zero-order valence-corrected chi connectivity index (χ0v) is 7.02. The molecule has 0 rings (SSSR count). The van der Waals surface area contributed by atoms with Crippen LogP contribution < -0.4 is 0 Å². The van der Waals surface area contributed by atoms with Crippen molar-refractivity contribution in [2.45, 2.75) is 26.2 Å². The van der Waals surface area contributed by atoms with Crippen LogP contribution in [0.3, 0.4) is 0 Å². The van der Waals surface area contributed by atoms with Gasteiger partial charge in [-0.2, -0.15) is 0 Å². The monoisotopic (exact) mass is 363 g/mol. The van der Waals surface area contributed by atoms with Crippen LogP contribution >= 0.6 is 0 Å². The van der Waals surface area contributed by atoms with Crippen LogP contribution in [0.25, 0.3) is 0 Å². The summed E-state index contributed by atoms with van der Waals surface area (Å²) in [5.41, 5.74) is 0. The maximum atomic E-state index is 9.76. The largest absolute Gasteiger partial charge is 0 e. The van der Waals surface area contributed by atoms with Gasteiger partial charge in [-0.3, -0.25) is 4.79 Å². The van der Waals surface area contributed by atoms with E-state index in [2.05, 4.69) is 0 Å². The van der Waals surface area contributed by atoms with E-state index in [1.165, 1.54) is 0 Å². The first-order valence-electron chi connectivity index (χ1n) is 2.49. The molecule has 67 valence electrons. The second-order valence-corrected chi connectivity index (χ2v) is 1.50. The van der Waals surface area contributed by atoms with Crippen molar-refractivity contribution in [2.75, 3.05) is 0 Å². The summed E-state index contributed by atoms with van der Waals surface area (Å²) in [6, 6.07) is 0. The minimum Gasteiger partial charge on any atom is 0 e. The van der Waals surface area contributed by atoms with Crippen molar-refractivity contribution in [3.63, 3.8) is 0 Å². The van der Waals surface area contributed by atoms with Gasteiger partial charge in [0.25, 0.3) is 0 Å². The predicted octanol–water partition coefficient (Wildman–Crippen LogP) is 0.340. The number of hydrogen-bond donors (Lipinski definition) is 1. The first-order chi connectivity index (χ1) is 3.27. The van der Waals surface area contributed by atoms with Gasteiger partial charge in [0.1, 0.15) is 0 Å². The van der Waals surface area contributed by atoms with Crippen molar-refractivity contribution in [1.29, 1.82) is 0 Å². The van der Waals surface area contributed by atoms with Crippen LogP contribution in [0.5, 0.6) is 0 Å². The molecule has 1 N–H and O–H groups in total. The van der Waals surface area contributed by atoms with E-state index in [0.29, 0.717) is 6.42 Å². The fourth-order valence-corrected chi connectivity index (χ4v) is 0.328. The van der Waals surface area contributed by atoms with Crippen LogP contribution in [0.1, 0.15) is 26.2 Å². The van der Waals surface area contributed by atoms with Crippen LogP contribution in [0.4, 0.5) is 0 Å². The Labute approximate surface area is 122 Å². The second-order valence-electron chi connectivity index (χ2n) is 1.50. The molecule has 0 bridgehead atoms. The zero-order chi connectivity index (χ0) is 5.70. The molecule has 1 radical (unpaired) electrons. The molecule has 0 aliphatic carbocycles. The Morgan fingerprint density at radius 3 is 2.00 bits per heavy atom. The first-order valence-corrected chi connectivity index (χ1v) is 2.49. The van der Waals surface area contributed by atoms with E-state index in [1.807, 2.05) is 6.92 Å². The molecule has 0 unspecified atom stereocenters. The molecule has 0 saturated heterocycles. The molecule has 0 aromatic heterocycles. The second kappa shape index (κ2) is 17.2. The molecule has 0 atom stereocenters. The Balaban J connectivity index is -0.0000000600. The molecule has 10 heavy (non-hydrogen) atoms. The van der Waals surface area contributed by atoms with Gasteiger partial charge in [0.2, 0.25) is 0 Å². The Bertz CT molecular complexity index is 72.7. The van der Waals surface area contributed by atoms with E-state index in [0.717, 1.165) is 12.8 Å². The van der Waals surface area contributed by atoms with Crippen LogP contribution in [-0.2, 0) is 38.4 Å². The third-order valence-corrected chi connectivity index (χ3v) is 0.744. The molecule has 0 aromatic carbocycles. The van der Waals surface area contributed by atoms with Gasteiger partial charge in [0, 0.05) is 40.0 Å². The van der Waals surface area contributed by atoms with Gasteiger partial charge in [-0.25, -0.2) is 0 Å². The molecule has 0 amide bonds. The Morgan fingerprint density at radius 1 is 1.50 bits per heavy atom. The maximum absolute atomic E-state index is 9.76. The minimum absolute atomic E-state index is 0. The van der Waals surface area contributed by atoms with E-state index in [1.54, 1.807) is 0 Å². The average molecular weight is 364 g/mol. The Kier molecular flexibility index (Phi) is 39.1. The van der Waals surface area contributed by atoms with Gasteiger partial charge in [-0.05, 0) is 6.42 Å². The average Bonchev–Trinajstić information content (AvgIpc) is 1.61. The molecule has 5 heteroatoms. The number of carboxylic acid groups (broad SMARTS) is 1. The van der Waals surface area contributed by atoms with E-state index < -0.39 is 5.97 Å². The number of aliphatic carboxylic acids is 1. The van der Waals surface area contributed by atoms with Crippen LogP contribution in [-0.4, -0.2) is 60.0 Å². The van der Waals surface area contributed by atoms with Gasteiger partial charge in [-0.15, -0.1) is 0 Å². The summed E-state index contributed by atoms with van der Waals surface area (Å²) in [5, 5.41) is 8.04. The number of carbonyl (C=O) groups is 1. The molecule has 0 spiro atoms. The summed E-state index contributed by atoms with van der Waals surface area (Å²) in [6.07, 6.45) is 2.08. The van der Waals surface area contributed by atoms with Crippen molar-refractivity contribution < 1.29 is 43.5 Å². The molecule has 0 fully saturated rings. The molecule has 0 aromatic rings. The minimum atomic E-state index is -0.693. The van der Waals surface area contributed by atoms with Gasteiger partial charge in [0.05, 0.1) is 0 Å². The Hall–Kier alpha value is 2.05. The molecular weight excluding hydrogens is 352 g/mol. The maximum Gasteiger partial charge on any atom is 0 e. The molecule has 2 nitrogen and oxygen atoms in total. The summed E-state index contributed by atoms with van der Waals surface area (Å²) in [6.45, 7) is 1.98. The summed E-state index contributed by atoms with van der Waals surface area (Å²) in [7, 11) is 0. The smallest absolute Gasteiger partial charge is 0 e. The number of hydrogen-bond acceptors (Lipinski definition) is 1. The fraction of sp³-hybridized carbons (Fsp3) is 0.800. The van der Waals surface area contributed by atoms with Gasteiger partial charge < -0.3 is 5.11 Å². The number of carboxylic acids is 1. The third-order valence-electron chi connectivity index (χ3n) is 0.744. The SMILES string of the molecule is CCCCC(=O)O.[BaH2].[Cu].[Ni]. The molecular formula is C5H12BaCuNiO2. The molecule has 0 heterocycles. The predicted molar refractivity (Wildman–Crippen MR) is 35.7 cm³/mol. The molecule has 0 aliphatic rings. The van der Waals surface area contributed by atoms with Gasteiger partial charge in [0.15, 0.2) is 0 Å². The number of rotatable bonds is 3. The molecule has 0 aliphatic heterocycles. The summed E-state index contributed by atoms with van der Waals surface area (Å²) < 4.78 is 0. The van der Waals surface area contributed by atoms with Gasteiger partial charge in [-0.1, -0.05) is 13.3 Å². The zero-order valence-electron chi connectivity index (χ0n) is 5.09. The van der Waals surface area contributed by atoms with E-state index in [4.69, 9.17) is 5.11 Å². The first kappa shape index (κ1) is 22.7. The summed E-state index contributed by atoms with van der Waals surface area (Å²) >= 11 is 0. The normalized spacial score (nSPS) is 6.10. The topological polar surface area (TPSA) is 37.3 Å². The van der Waals surface area contributed by atoms with E-state index in [9.17, 15) is 4.79 Å². The third kappa shape index (κ3) is 22.5. The van der Waals surface area contributed by atoms with Gasteiger partial charge >= 0.3 is 54.9 Å².